The van der Waals surface area contributed by atoms with Crippen LogP contribution in [0.15, 0.2) is 47.9 Å². The van der Waals surface area contributed by atoms with Crippen LogP contribution in [0.5, 0.6) is 0 Å². The molecule has 1 aromatic heterocycles. The number of carbonyl (C=O) groups excluding carboxylic acids is 1. The van der Waals surface area contributed by atoms with Crippen molar-refractivity contribution >= 4 is 22.4 Å². The number of nitrogens with one attached hydrogen (secondary N) is 1. The predicted octanol–water partition coefficient (Wildman–Crippen LogP) is 3.96. The number of fused-ring (bicyclic) bond motifs is 2. The number of rotatable bonds is 3. The van der Waals surface area contributed by atoms with E-state index in [0.717, 1.165) is 24.1 Å². The molecule has 1 saturated carbocycles. The summed E-state index contributed by atoms with van der Waals surface area (Å²) in [6, 6.07) is 10.0. The largest absolute Gasteiger partial charge is 0.302 e. The Labute approximate surface area is 127 Å². The average molecular weight is 296 g/mol. The third-order valence-electron chi connectivity index (χ3n) is 4.42. The molecule has 0 aliphatic heterocycles. The Kier molecular flexibility index (Phi) is 3.11. The van der Waals surface area contributed by atoms with Gasteiger partial charge in [-0.2, -0.15) is 0 Å². The Morgan fingerprint density at radius 3 is 2.76 bits per heavy atom. The molecule has 3 nitrogen and oxygen atoms in total. The van der Waals surface area contributed by atoms with Gasteiger partial charge in [-0.3, -0.25) is 4.79 Å². The second kappa shape index (κ2) is 5.11. The highest BCUT2D eigenvalue weighted by atomic mass is 32.1. The fraction of sp³-hybridized carbons (Fsp3) is 0.294. The van der Waals surface area contributed by atoms with Crippen molar-refractivity contribution in [1.29, 1.82) is 0 Å². The Balaban J connectivity index is 1.47. The van der Waals surface area contributed by atoms with Gasteiger partial charge in [-0.05, 0) is 24.7 Å². The summed E-state index contributed by atoms with van der Waals surface area (Å²) in [5.74, 6) is 1.30. The third kappa shape index (κ3) is 2.40. The monoisotopic (exact) mass is 296 g/mol. The van der Waals surface area contributed by atoms with Crippen molar-refractivity contribution in [2.24, 2.45) is 17.8 Å². The van der Waals surface area contributed by atoms with E-state index in [4.69, 9.17) is 0 Å². The van der Waals surface area contributed by atoms with Gasteiger partial charge in [-0.25, -0.2) is 4.98 Å². The average Bonchev–Trinajstić information content (AvgIpc) is 3.24. The highest BCUT2D eigenvalue weighted by Crippen LogP contribution is 2.43. The minimum absolute atomic E-state index is 0.126. The number of amides is 1. The van der Waals surface area contributed by atoms with Crippen molar-refractivity contribution in [1.82, 2.24) is 4.98 Å². The number of nitrogens with zero attached hydrogens (tertiary/aromatic N) is 1. The highest BCUT2D eigenvalue weighted by Gasteiger charge is 2.39. The SMILES string of the molecule is O=C(Nc1nc(-c2ccccc2)cs1)[C@@H]1C[C@@H]2C=C[C@H]1C2. The molecule has 21 heavy (non-hydrogen) atoms. The standard InChI is InChI=1S/C17H16N2OS/c20-16(14-9-11-6-7-13(14)8-11)19-17-18-15(10-21-17)12-4-2-1-3-5-12/h1-7,10-11,13-14H,8-9H2,(H,18,19,20)/t11-,13+,14-/m1/s1. The van der Waals surface area contributed by atoms with Gasteiger partial charge in [0.05, 0.1) is 5.69 Å². The molecule has 1 N–H and O–H groups in total. The third-order valence-corrected chi connectivity index (χ3v) is 5.18. The molecule has 1 aromatic carbocycles. The van der Waals surface area contributed by atoms with Crippen molar-refractivity contribution in [3.63, 3.8) is 0 Å². The van der Waals surface area contributed by atoms with E-state index in [1.807, 2.05) is 35.7 Å². The fourth-order valence-electron chi connectivity index (χ4n) is 3.35. The van der Waals surface area contributed by atoms with Crippen molar-refractivity contribution in [3.05, 3.63) is 47.9 Å². The van der Waals surface area contributed by atoms with Crippen LogP contribution >= 0.6 is 11.3 Å². The van der Waals surface area contributed by atoms with E-state index in [9.17, 15) is 4.79 Å². The zero-order valence-electron chi connectivity index (χ0n) is 11.5. The van der Waals surface area contributed by atoms with Crippen molar-refractivity contribution in [2.45, 2.75) is 12.8 Å². The van der Waals surface area contributed by atoms with Crippen LogP contribution in [-0.2, 0) is 4.79 Å². The molecule has 1 amide bonds. The minimum atomic E-state index is 0.126. The maximum atomic E-state index is 12.4. The maximum absolute atomic E-state index is 12.4. The van der Waals surface area contributed by atoms with E-state index in [1.54, 1.807) is 0 Å². The van der Waals surface area contributed by atoms with Crippen LogP contribution in [0.2, 0.25) is 0 Å². The van der Waals surface area contributed by atoms with E-state index in [-0.39, 0.29) is 11.8 Å². The lowest BCUT2D eigenvalue weighted by molar-refractivity contribution is -0.120. The summed E-state index contributed by atoms with van der Waals surface area (Å²) in [4.78, 5) is 16.9. The summed E-state index contributed by atoms with van der Waals surface area (Å²) in [7, 11) is 0. The molecule has 1 fully saturated rings. The number of allylic oxidation sites excluding steroid dienone is 2. The first kappa shape index (κ1) is 12.8. The smallest absolute Gasteiger partial charge is 0.229 e. The quantitative estimate of drug-likeness (QED) is 0.871. The van der Waals surface area contributed by atoms with Gasteiger partial charge in [0.25, 0.3) is 0 Å². The van der Waals surface area contributed by atoms with Crippen LogP contribution in [0.3, 0.4) is 0 Å². The first-order valence-electron chi connectivity index (χ1n) is 7.30. The molecule has 2 aliphatic rings. The molecular formula is C17H16N2OS. The van der Waals surface area contributed by atoms with E-state index in [1.165, 1.54) is 11.3 Å². The molecule has 1 heterocycles. The van der Waals surface area contributed by atoms with E-state index < -0.39 is 0 Å². The first-order valence-corrected chi connectivity index (χ1v) is 8.18. The van der Waals surface area contributed by atoms with Gasteiger partial charge >= 0.3 is 0 Å². The second-order valence-electron chi connectivity index (χ2n) is 5.78. The normalized spacial score (nSPS) is 26.2. The fourth-order valence-corrected chi connectivity index (χ4v) is 4.08. The maximum Gasteiger partial charge on any atom is 0.229 e. The Morgan fingerprint density at radius 1 is 1.19 bits per heavy atom. The van der Waals surface area contributed by atoms with Crippen LogP contribution < -0.4 is 5.32 Å². The van der Waals surface area contributed by atoms with Gasteiger partial charge in [0.15, 0.2) is 5.13 Å². The second-order valence-corrected chi connectivity index (χ2v) is 6.64. The number of aromatic nitrogens is 1. The number of anilines is 1. The number of carbonyl (C=O) groups is 1. The molecule has 4 rings (SSSR count). The van der Waals surface area contributed by atoms with E-state index >= 15 is 0 Å². The molecule has 2 aromatic rings. The van der Waals surface area contributed by atoms with Crippen LogP contribution in [0.1, 0.15) is 12.8 Å². The van der Waals surface area contributed by atoms with Gasteiger partial charge in [0, 0.05) is 16.9 Å². The van der Waals surface area contributed by atoms with E-state index in [2.05, 4.69) is 22.5 Å². The summed E-state index contributed by atoms with van der Waals surface area (Å²) < 4.78 is 0. The lowest BCUT2D eigenvalue weighted by Gasteiger charge is -2.16. The lowest BCUT2D eigenvalue weighted by atomic mass is 9.93. The summed E-state index contributed by atoms with van der Waals surface area (Å²) in [6.45, 7) is 0. The topological polar surface area (TPSA) is 42.0 Å². The molecule has 2 aliphatic carbocycles. The summed E-state index contributed by atoms with van der Waals surface area (Å²) in [5, 5.41) is 5.68. The molecule has 0 unspecified atom stereocenters. The Bertz CT molecular complexity index is 692. The zero-order valence-corrected chi connectivity index (χ0v) is 12.3. The summed E-state index contributed by atoms with van der Waals surface area (Å²) in [5.41, 5.74) is 2.00. The molecule has 0 radical (unpaired) electrons. The molecule has 3 atom stereocenters. The van der Waals surface area contributed by atoms with Crippen LogP contribution in [-0.4, -0.2) is 10.9 Å². The minimum Gasteiger partial charge on any atom is -0.302 e. The van der Waals surface area contributed by atoms with Crippen LogP contribution in [0.25, 0.3) is 11.3 Å². The molecule has 106 valence electrons. The Hall–Kier alpha value is -1.94. The molecule has 0 spiro atoms. The van der Waals surface area contributed by atoms with Crippen molar-refractivity contribution < 1.29 is 4.79 Å². The van der Waals surface area contributed by atoms with Crippen LogP contribution in [0, 0.1) is 17.8 Å². The number of hydrogen-bond acceptors (Lipinski definition) is 3. The first-order chi connectivity index (χ1) is 10.3. The predicted molar refractivity (Wildman–Crippen MR) is 85.0 cm³/mol. The van der Waals surface area contributed by atoms with Gasteiger partial charge < -0.3 is 5.32 Å². The van der Waals surface area contributed by atoms with Crippen molar-refractivity contribution in [2.75, 3.05) is 5.32 Å². The molecule has 0 saturated heterocycles. The summed E-state index contributed by atoms with van der Waals surface area (Å²) >= 11 is 1.49. The van der Waals surface area contributed by atoms with Gasteiger partial charge in [0.1, 0.15) is 0 Å². The van der Waals surface area contributed by atoms with Crippen molar-refractivity contribution in [3.8, 4) is 11.3 Å². The van der Waals surface area contributed by atoms with Crippen LogP contribution in [0.4, 0.5) is 5.13 Å². The highest BCUT2D eigenvalue weighted by molar-refractivity contribution is 7.14. The van der Waals surface area contributed by atoms with Gasteiger partial charge in [-0.1, -0.05) is 42.5 Å². The summed E-state index contributed by atoms with van der Waals surface area (Å²) in [6.07, 6.45) is 6.59. The molecular weight excluding hydrogens is 280 g/mol. The van der Waals surface area contributed by atoms with E-state index in [0.29, 0.717) is 17.0 Å². The lowest BCUT2D eigenvalue weighted by Crippen LogP contribution is -2.25. The molecule has 2 bridgehead atoms. The Morgan fingerprint density at radius 2 is 2.05 bits per heavy atom. The number of hydrogen-bond donors (Lipinski definition) is 1. The number of benzene rings is 1. The molecule has 4 heteroatoms. The van der Waals surface area contributed by atoms with Gasteiger partial charge in [0.2, 0.25) is 5.91 Å². The number of thiazole rings is 1. The zero-order chi connectivity index (χ0) is 14.2. The van der Waals surface area contributed by atoms with Gasteiger partial charge in [-0.15, -0.1) is 11.3 Å².